The highest BCUT2D eigenvalue weighted by Gasteiger charge is 2.24. The second-order valence-corrected chi connectivity index (χ2v) is 4.91. The van der Waals surface area contributed by atoms with Gasteiger partial charge in [-0.15, -0.1) is 0 Å². The van der Waals surface area contributed by atoms with Gasteiger partial charge in [-0.2, -0.15) is 0 Å². The third-order valence-electron chi connectivity index (χ3n) is 3.41. The van der Waals surface area contributed by atoms with Gasteiger partial charge in [0.1, 0.15) is 5.82 Å². The first-order chi connectivity index (χ1) is 9.15. The predicted octanol–water partition coefficient (Wildman–Crippen LogP) is 1.93. The quantitative estimate of drug-likeness (QED) is 0.783. The van der Waals surface area contributed by atoms with Gasteiger partial charge in [0, 0.05) is 6.54 Å². The maximum atomic E-state index is 12.7. The number of carbonyl (C=O) groups excluding carboxylic acids is 1. The van der Waals surface area contributed by atoms with E-state index < -0.39 is 6.10 Å². The summed E-state index contributed by atoms with van der Waals surface area (Å²) in [4.78, 5) is 11.7. The van der Waals surface area contributed by atoms with Crippen LogP contribution in [-0.4, -0.2) is 23.3 Å². The number of carbonyl (C=O) groups is 1. The Balaban J connectivity index is 1.76. The van der Waals surface area contributed by atoms with E-state index in [9.17, 15) is 14.3 Å². The van der Waals surface area contributed by atoms with E-state index in [2.05, 4.69) is 10.6 Å². The molecule has 1 aromatic rings. The summed E-state index contributed by atoms with van der Waals surface area (Å²) in [7, 11) is 0. The summed E-state index contributed by atoms with van der Waals surface area (Å²) < 4.78 is 12.7. The second-order valence-electron chi connectivity index (χ2n) is 4.91. The fourth-order valence-electron chi connectivity index (χ4n) is 2.28. The van der Waals surface area contributed by atoms with Crippen LogP contribution >= 0.6 is 0 Å². The third kappa shape index (κ3) is 4.21. The molecule has 104 valence electrons. The average molecular weight is 266 g/mol. The van der Waals surface area contributed by atoms with E-state index in [1.807, 2.05) is 0 Å². The van der Waals surface area contributed by atoms with Gasteiger partial charge in [0.25, 0.3) is 0 Å². The number of rotatable bonds is 3. The summed E-state index contributed by atoms with van der Waals surface area (Å²) in [6, 6.07) is 5.52. The van der Waals surface area contributed by atoms with Crippen molar-refractivity contribution >= 4 is 6.03 Å². The molecule has 0 spiro atoms. The minimum absolute atomic E-state index is 0.165. The van der Waals surface area contributed by atoms with E-state index in [4.69, 9.17) is 0 Å². The summed E-state index contributed by atoms with van der Waals surface area (Å²) in [6.45, 7) is 0.342. The van der Waals surface area contributed by atoms with Crippen molar-refractivity contribution in [3.05, 3.63) is 35.6 Å². The summed E-state index contributed by atoms with van der Waals surface area (Å²) in [5.41, 5.74) is 0.834. The first kappa shape index (κ1) is 13.8. The van der Waals surface area contributed by atoms with Crippen LogP contribution in [0.3, 0.4) is 0 Å². The lowest BCUT2D eigenvalue weighted by Gasteiger charge is -2.28. The number of hydrogen-bond acceptors (Lipinski definition) is 2. The highest BCUT2D eigenvalue weighted by Crippen LogP contribution is 2.18. The van der Waals surface area contributed by atoms with Crippen molar-refractivity contribution < 1.29 is 14.3 Å². The number of urea groups is 1. The van der Waals surface area contributed by atoms with Crippen LogP contribution in [0, 0.1) is 5.82 Å². The SMILES string of the molecule is O=C(NCc1ccc(F)cc1)NC1CCCCC1O. The van der Waals surface area contributed by atoms with Gasteiger partial charge in [0.05, 0.1) is 12.1 Å². The van der Waals surface area contributed by atoms with Gasteiger partial charge in [0.2, 0.25) is 0 Å². The summed E-state index contributed by atoms with van der Waals surface area (Å²) >= 11 is 0. The van der Waals surface area contributed by atoms with Crippen molar-refractivity contribution in [3.63, 3.8) is 0 Å². The Morgan fingerprint density at radius 3 is 2.63 bits per heavy atom. The molecule has 19 heavy (non-hydrogen) atoms. The summed E-state index contributed by atoms with van der Waals surface area (Å²) in [6.07, 6.45) is 3.13. The topological polar surface area (TPSA) is 61.4 Å². The van der Waals surface area contributed by atoms with Crippen LogP contribution in [0.25, 0.3) is 0 Å². The molecule has 2 rings (SSSR count). The molecule has 1 fully saturated rings. The largest absolute Gasteiger partial charge is 0.391 e. The monoisotopic (exact) mass is 266 g/mol. The van der Waals surface area contributed by atoms with Crippen molar-refractivity contribution in [1.29, 1.82) is 0 Å². The van der Waals surface area contributed by atoms with Crippen molar-refractivity contribution in [2.75, 3.05) is 0 Å². The van der Waals surface area contributed by atoms with Crippen molar-refractivity contribution in [3.8, 4) is 0 Å². The van der Waals surface area contributed by atoms with Gasteiger partial charge in [0.15, 0.2) is 0 Å². The van der Waals surface area contributed by atoms with Crippen molar-refractivity contribution in [2.45, 2.75) is 44.4 Å². The van der Waals surface area contributed by atoms with E-state index in [0.29, 0.717) is 6.54 Å². The molecule has 1 aliphatic carbocycles. The molecule has 1 saturated carbocycles. The molecule has 0 aliphatic heterocycles. The molecular formula is C14H19FN2O2. The van der Waals surface area contributed by atoms with Gasteiger partial charge in [-0.05, 0) is 30.5 Å². The van der Waals surface area contributed by atoms with Crippen molar-refractivity contribution in [1.82, 2.24) is 10.6 Å². The minimum Gasteiger partial charge on any atom is -0.391 e. The molecule has 4 nitrogen and oxygen atoms in total. The lowest BCUT2D eigenvalue weighted by molar-refractivity contribution is 0.0943. The lowest BCUT2D eigenvalue weighted by atomic mass is 9.93. The number of aliphatic hydroxyl groups is 1. The Labute approximate surface area is 112 Å². The third-order valence-corrected chi connectivity index (χ3v) is 3.41. The smallest absolute Gasteiger partial charge is 0.315 e. The summed E-state index contributed by atoms with van der Waals surface area (Å²) in [5, 5.41) is 15.2. The normalized spacial score (nSPS) is 22.8. The molecule has 0 bridgehead atoms. The molecule has 1 aromatic carbocycles. The Hall–Kier alpha value is -1.62. The van der Waals surface area contributed by atoms with E-state index in [1.54, 1.807) is 12.1 Å². The molecule has 1 aliphatic rings. The Morgan fingerprint density at radius 2 is 1.95 bits per heavy atom. The fraction of sp³-hybridized carbons (Fsp3) is 0.500. The Morgan fingerprint density at radius 1 is 1.26 bits per heavy atom. The molecule has 0 heterocycles. The number of halogens is 1. The molecule has 3 N–H and O–H groups in total. The molecule has 2 amide bonds. The first-order valence-electron chi connectivity index (χ1n) is 6.62. The molecule has 2 atom stereocenters. The van der Waals surface area contributed by atoms with E-state index in [-0.39, 0.29) is 17.9 Å². The van der Waals surface area contributed by atoms with Crippen LogP contribution < -0.4 is 10.6 Å². The zero-order valence-corrected chi connectivity index (χ0v) is 10.7. The molecule has 5 heteroatoms. The summed E-state index contributed by atoms with van der Waals surface area (Å²) in [5.74, 6) is -0.293. The van der Waals surface area contributed by atoms with Gasteiger partial charge in [-0.25, -0.2) is 9.18 Å². The van der Waals surface area contributed by atoms with Crippen LogP contribution in [-0.2, 0) is 6.54 Å². The molecular weight excluding hydrogens is 247 g/mol. The molecule has 0 aromatic heterocycles. The fourth-order valence-corrected chi connectivity index (χ4v) is 2.28. The molecule has 0 saturated heterocycles. The van der Waals surface area contributed by atoms with Gasteiger partial charge >= 0.3 is 6.03 Å². The van der Waals surface area contributed by atoms with E-state index in [1.165, 1.54) is 12.1 Å². The van der Waals surface area contributed by atoms with Gasteiger partial charge in [-0.1, -0.05) is 25.0 Å². The highest BCUT2D eigenvalue weighted by atomic mass is 19.1. The standard InChI is InChI=1S/C14H19FN2O2/c15-11-7-5-10(6-8-11)9-16-14(19)17-12-3-1-2-4-13(12)18/h5-8,12-13,18H,1-4,9H2,(H2,16,17,19). The predicted molar refractivity (Wildman–Crippen MR) is 70.0 cm³/mol. The second kappa shape index (κ2) is 6.52. The highest BCUT2D eigenvalue weighted by molar-refractivity contribution is 5.74. The minimum atomic E-state index is -0.453. The number of benzene rings is 1. The number of hydrogen-bond donors (Lipinski definition) is 3. The van der Waals surface area contributed by atoms with Crippen LogP contribution in [0.15, 0.2) is 24.3 Å². The molecule has 2 unspecified atom stereocenters. The van der Waals surface area contributed by atoms with Crippen LogP contribution in [0.5, 0.6) is 0 Å². The Kier molecular flexibility index (Phi) is 4.74. The number of nitrogens with one attached hydrogen (secondary N) is 2. The van der Waals surface area contributed by atoms with Crippen LogP contribution in [0.1, 0.15) is 31.2 Å². The lowest BCUT2D eigenvalue weighted by Crippen LogP contribution is -2.48. The zero-order valence-electron chi connectivity index (χ0n) is 10.7. The van der Waals surface area contributed by atoms with Gasteiger partial charge in [-0.3, -0.25) is 0 Å². The average Bonchev–Trinajstić information content (AvgIpc) is 2.41. The maximum Gasteiger partial charge on any atom is 0.315 e. The number of aliphatic hydroxyl groups excluding tert-OH is 1. The van der Waals surface area contributed by atoms with E-state index >= 15 is 0 Å². The number of amides is 2. The first-order valence-corrected chi connectivity index (χ1v) is 6.62. The van der Waals surface area contributed by atoms with Crippen molar-refractivity contribution in [2.24, 2.45) is 0 Å². The zero-order chi connectivity index (χ0) is 13.7. The Bertz CT molecular complexity index is 422. The van der Waals surface area contributed by atoms with E-state index in [0.717, 1.165) is 31.2 Å². The maximum absolute atomic E-state index is 12.7. The van der Waals surface area contributed by atoms with Crippen LogP contribution in [0.2, 0.25) is 0 Å². The molecule has 0 radical (unpaired) electrons. The van der Waals surface area contributed by atoms with Crippen LogP contribution in [0.4, 0.5) is 9.18 Å². The van der Waals surface area contributed by atoms with Gasteiger partial charge < -0.3 is 15.7 Å².